The van der Waals surface area contributed by atoms with Crippen molar-refractivity contribution in [2.75, 3.05) is 16.5 Å². The van der Waals surface area contributed by atoms with Gasteiger partial charge in [0.1, 0.15) is 10.1 Å². The van der Waals surface area contributed by atoms with Gasteiger partial charge in [-0.1, -0.05) is 23.9 Å². The Hall–Kier alpha value is -2.88. The molecule has 0 N–H and O–H groups in total. The normalized spacial score (nSPS) is 19.0. The molecule has 0 atom stereocenters. The van der Waals surface area contributed by atoms with Crippen LogP contribution in [0.25, 0.3) is 0 Å². The minimum Gasteiger partial charge on any atom is -0.744 e. The molecule has 0 aromatic heterocycles. The van der Waals surface area contributed by atoms with Crippen LogP contribution in [0.4, 0.5) is 11.4 Å². The fraction of sp³-hybridized carbons (Fsp3) is 0.143. The molecule has 2 aliphatic heterocycles. The first-order valence-electron chi connectivity index (χ1n) is 9.22. The zero-order valence-electron chi connectivity index (χ0n) is 16.3. The van der Waals surface area contributed by atoms with E-state index in [0.717, 1.165) is 17.3 Å². The van der Waals surface area contributed by atoms with Gasteiger partial charge in [0.05, 0.1) is 32.6 Å². The third-order valence-corrected chi connectivity index (χ3v) is 6.76. The van der Waals surface area contributed by atoms with Crippen LogP contribution >= 0.6 is 11.8 Å². The number of rotatable bonds is 4. The van der Waals surface area contributed by atoms with Gasteiger partial charge < -0.3 is 9.45 Å². The van der Waals surface area contributed by atoms with Crippen LogP contribution < -0.4 is 9.91 Å². The highest BCUT2D eigenvalue weighted by Crippen LogP contribution is 2.45. The average Bonchev–Trinajstić information content (AvgIpc) is 3.22. The first-order chi connectivity index (χ1) is 14.3. The maximum atomic E-state index is 12.9. The van der Waals surface area contributed by atoms with Gasteiger partial charge in [0, 0.05) is 11.4 Å². The highest BCUT2D eigenvalue weighted by Gasteiger charge is 2.29. The van der Waals surface area contributed by atoms with Crippen molar-refractivity contribution in [2.24, 2.45) is 5.10 Å². The Morgan fingerprint density at radius 3 is 2.47 bits per heavy atom. The molecule has 7 nitrogen and oxygen atoms in total. The molecule has 2 aliphatic rings. The number of fused-ring (bicyclic) bond motifs is 1. The van der Waals surface area contributed by atoms with Gasteiger partial charge in [0.15, 0.2) is 0 Å². The second-order valence-electron chi connectivity index (χ2n) is 6.65. The van der Waals surface area contributed by atoms with Crippen molar-refractivity contribution in [1.29, 1.82) is 0 Å². The smallest absolute Gasteiger partial charge is 0.280 e. The van der Waals surface area contributed by atoms with Crippen molar-refractivity contribution in [2.45, 2.75) is 23.6 Å². The van der Waals surface area contributed by atoms with Crippen LogP contribution in [0.2, 0.25) is 0 Å². The molecule has 9 heteroatoms. The fourth-order valence-corrected chi connectivity index (χ4v) is 4.89. The van der Waals surface area contributed by atoms with E-state index in [1.165, 1.54) is 34.2 Å². The molecule has 1 amide bonds. The maximum Gasteiger partial charge on any atom is 0.280 e. The summed E-state index contributed by atoms with van der Waals surface area (Å²) in [5.74, 6) is -0.314. The van der Waals surface area contributed by atoms with Crippen LogP contribution in [-0.4, -0.2) is 31.1 Å². The second-order valence-corrected chi connectivity index (χ2v) is 9.09. The summed E-state index contributed by atoms with van der Waals surface area (Å²) >= 11 is 1.65. The van der Waals surface area contributed by atoms with Crippen molar-refractivity contribution in [1.82, 2.24) is 0 Å². The number of para-hydroxylation sites is 1. The molecule has 154 valence electrons. The number of thioether (sulfide) groups is 1. The summed E-state index contributed by atoms with van der Waals surface area (Å²) in [4.78, 5) is 15.9. The van der Waals surface area contributed by atoms with Crippen molar-refractivity contribution < 1.29 is 17.8 Å². The lowest BCUT2D eigenvalue weighted by atomic mass is 10.1. The Morgan fingerprint density at radius 2 is 1.80 bits per heavy atom. The van der Waals surface area contributed by atoms with E-state index in [9.17, 15) is 17.8 Å². The predicted octanol–water partition coefficient (Wildman–Crippen LogP) is 3.71. The van der Waals surface area contributed by atoms with Crippen LogP contribution in [0, 0.1) is 0 Å². The van der Waals surface area contributed by atoms with Crippen LogP contribution in [0.5, 0.6) is 0 Å². The second kappa shape index (κ2) is 7.75. The molecule has 2 aromatic rings. The van der Waals surface area contributed by atoms with Gasteiger partial charge >= 0.3 is 0 Å². The van der Waals surface area contributed by atoms with E-state index in [1.54, 1.807) is 24.8 Å². The maximum absolute atomic E-state index is 12.9. The SMILES string of the molecule is CCN1C(=CC=C2C(=O)N(c3ccc(S(=O)(=O)[O-])cc3)N=C2C)Sc2ccccc21. The third-order valence-electron chi connectivity index (χ3n) is 4.78. The molecule has 0 saturated carbocycles. The van der Waals surface area contributed by atoms with Crippen molar-refractivity contribution >= 4 is 44.9 Å². The molecule has 0 spiro atoms. The number of anilines is 2. The first kappa shape index (κ1) is 20.4. The Bertz CT molecular complexity index is 1220. The number of carbonyl (C=O) groups is 1. The molecular formula is C21H18N3O4S2-. The highest BCUT2D eigenvalue weighted by molar-refractivity contribution is 8.03. The Morgan fingerprint density at radius 1 is 1.10 bits per heavy atom. The monoisotopic (exact) mass is 440 g/mol. The molecule has 2 aromatic carbocycles. The summed E-state index contributed by atoms with van der Waals surface area (Å²) in [6.07, 6.45) is 3.67. The molecule has 30 heavy (non-hydrogen) atoms. The van der Waals surface area contributed by atoms with Gasteiger partial charge in [-0.15, -0.1) is 0 Å². The Kier molecular flexibility index (Phi) is 5.27. The highest BCUT2D eigenvalue weighted by atomic mass is 32.2. The van der Waals surface area contributed by atoms with Gasteiger partial charge in [-0.2, -0.15) is 10.1 Å². The Labute approximate surface area is 179 Å². The molecule has 2 heterocycles. The Balaban J connectivity index is 1.60. The van der Waals surface area contributed by atoms with E-state index in [4.69, 9.17) is 0 Å². The van der Waals surface area contributed by atoms with Gasteiger partial charge in [-0.05, 0) is 62.4 Å². The van der Waals surface area contributed by atoms with Crippen LogP contribution in [0.3, 0.4) is 0 Å². The molecule has 0 aliphatic carbocycles. The lowest BCUT2D eigenvalue weighted by Gasteiger charge is -2.17. The minimum absolute atomic E-state index is 0.314. The number of hydrazone groups is 1. The van der Waals surface area contributed by atoms with E-state index < -0.39 is 10.1 Å². The van der Waals surface area contributed by atoms with Crippen molar-refractivity contribution in [3.63, 3.8) is 0 Å². The third kappa shape index (κ3) is 3.67. The molecule has 4 rings (SSSR count). The molecule has 0 bridgehead atoms. The van der Waals surface area contributed by atoms with Crippen LogP contribution in [-0.2, 0) is 14.9 Å². The lowest BCUT2D eigenvalue weighted by molar-refractivity contribution is -0.114. The van der Waals surface area contributed by atoms with E-state index in [2.05, 4.69) is 29.1 Å². The number of amides is 1. The molecule has 0 unspecified atom stereocenters. The summed E-state index contributed by atoms with van der Waals surface area (Å²) in [6.45, 7) is 4.62. The van der Waals surface area contributed by atoms with E-state index in [-0.39, 0.29) is 10.8 Å². The van der Waals surface area contributed by atoms with Gasteiger partial charge in [-0.25, -0.2) is 8.42 Å². The number of nitrogens with zero attached hydrogens (tertiary/aromatic N) is 3. The van der Waals surface area contributed by atoms with Crippen molar-refractivity contribution in [3.8, 4) is 0 Å². The quantitative estimate of drug-likeness (QED) is 0.531. The largest absolute Gasteiger partial charge is 0.744 e. The predicted molar refractivity (Wildman–Crippen MR) is 116 cm³/mol. The fourth-order valence-electron chi connectivity index (χ4n) is 3.30. The first-order valence-corrected chi connectivity index (χ1v) is 11.4. The lowest BCUT2D eigenvalue weighted by Crippen LogP contribution is -2.21. The summed E-state index contributed by atoms with van der Waals surface area (Å²) in [5.41, 5.74) is 2.55. The summed E-state index contributed by atoms with van der Waals surface area (Å²) < 4.78 is 33.3. The summed E-state index contributed by atoms with van der Waals surface area (Å²) in [7, 11) is -4.54. The van der Waals surface area contributed by atoms with Crippen LogP contribution in [0.1, 0.15) is 13.8 Å². The van der Waals surface area contributed by atoms with Gasteiger partial charge in [0.25, 0.3) is 5.91 Å². The number of hydrogen-bond donors (Lipinski definition) is 0. The van der Waals surface area contributed by atoms with E-state index in [0.29, 0.717) is 17.0 Å². The van der Waals surface area contributed by atoms with E-state index in [1.807, 2.05) is 18.2 Å². The number of carbonyl (C=O) groups excluding carboxylic acids is 1. The summed E-state index contributed by atoms with van der Waals surface area (Å²) in [5, 5.41) is 6.52. The van der Waals surface area contributed by atoms with Crippen LogP contribution in [0.15, 0.2) is 86.2 Å². The summed E-state index contributed by atoms with van der Waals surface area (Å²) in [6, 6.07) is 13.3. The van der Waals surface area contributed by atoms with E-state index >= 15 is 0 Å². The topological polar surface area (TPSA) is 93.1 Å². The minimum atomic E-state index is -4.54. The zero-order chi connectivity index (χ0) is 21.5. The molecule has 0 fully saturated rings. The van der Waals surface area contributed by atoms with Gasteiger partial charge in [0.2, 0.25) is 0 Å². The average molecular weight is 441 g/mol. The molecular weight excluding hydrogens is 422 g/mol. The molecule has 0 saturated heterocycles. The van der Waals surface area contributed by atoms with Gasteiger partial charge in [-0.3, -0.25) is 4.79 Å². The molecule has 0 radical (unpaired) electrons. The number of benzene rings is 2. The zero-order valence-corrected chi connectivity index (χ0v) is 17.9. The standard InChI is InChI=1S/C21H19N3O4S2/c1-3-23-18-6-4-5-7-19(18)29-20(23)13-12-17-14(2)22-24(21(17)25)15-8-10-16(11-9-15)30(26,27)28/h4-13H,3H2,1-2H3,(H,26,27,28)/p-1. The van der Waals surface area contributed by atoms with Crippen molar-refractivity contribution in [3.05, 3.63) is 71.3 Å². The number of hydrogen-bond acceptors (Lipinski definition) is 7. The number of allylic oxidation sites excluding steroid dienone is 2.